The molecule has 1 aromatic rings. The van der Waals surface area contributed by atoms with E-state index in [9.17, 15) is 0 Å². The topological polar surface area (TPSA) is 55.0 Å². The van der Waals surface area contributed by atoms with Crippen molar-refractivity contribution >= 4 is 23.4 Å². The molecule has 1 fully saturated rings. The first-order valence-corrected chi connectivity index (χ1v) is 7.76. The molecule has 0 aliphatic carbocycles. The van der Waals surface area contributed by atoms with Crippen molar-refractivity contribution in [1.82, 2.24) is 9.97 Å². The van der Waals surface area contributed by atoms with E-state index < -0.39 is 0 Å². The Morgan fingerprint density at radius 3 is 2.56 bits per heavy atom. The maximum Gasteiger partial charge on any atom is 0.191 e. The number of nitrogen functional groups attached to an aromatic ring is 1. The molecule has 0 spiro atoms. The zero-order valence-electron chi connectivity index (χ0n) is 11.4. The van der Waals surface area contributed by atoms with E-state index in [-0.39, 0.29) is 0 Å². The van der Waals surface area contributed by atoms with Crippen molar-refractivity contribution in [3.63, 3.8) is 0 Å². The predicted molar refractivity (Wildman–Crippen MR) is 78.0 cm³/mol. The highest BCUT2D eigenvalue weighted by molar-refractivity contribution is 7.98. The van der Waals surface area contributed by atoms with Crippen LogP contribution >= 0.6 is 11.8 Å². The summed E-state index contributed by atoms with van der Waals surface area (Å²) in [6.07, 6.45) is 4.47. The second-order valence-corrected chi connectivity index (χ2v) is 5.98. The lowest BCUT2D eigenvalue weighted by atomic mass is 9.87. The fraction of sp³-hybridized carbons (Fsp3) is 0.692. The number of nitrogens with two attached hydrogens (primary N) is 1. The Morgan fingerprint density at radius 1 is 1.33 bits per heavy atom. The molecule has 2 N–H and O–H groups in total. The average Bonchev–Trinajstić information content (AvgIpc) is 2.38. The van der Waals surface area contributed by atoms with Crippen molar-refractivity contribution in [3.05, 3.63) is 6.07 Å². The van der Waals surface area contributed by atoms with Gasteiger partial charge in [-0.25, -0.2) is 9.97 Å². The molecule has 18 heavy (non-hydrogen) atoms. The minimum atomic E-state index is 0.565. The van der Waals surface area contributed by atoms with Gasteiger partial charge in [0, 0.05) is 19.2 Å². The Hall–Kier alpha value is -0.970. The predicted octanol–water partition coefficient (Wildman–Crippen LogP) is 2.65. The molecule has 1 aromatic heterocycles. The van der Waals surface area contributed by atoms with E-state index >= 15 is 0 Å². The lowest BCUT2D eigenvalue weighted by molar-refractivity contribution is 0.310. The smallest absolute Gasteiger partial charge is 0.191 e. The van der Waals surface area contributed by atoms with E-state index in [0.717, 1.165) is 35.9 Å². The Balaban J connectivity index is 2.07. The van der Waals surface area contributed by atoms with Crippen LogP contribution in [-0.4, -0.2) is 29.3 Å². The third-order valence-electron chi connectivity index (χ3n) is 3.70. The van der Waals surface area contributed by atoms with Crippen LogP contribution in [0.25, 0.3) is 0 Å². The molecule has 0 saturated carbocycles. The number of piperidine rings is 1. The fourth-order valence-corrected chi connectivity index (χ4v) is 2.86. The molecule has 0 radical (unpaired) electrons. The zero-order valence-corrected chi connectivity index (χ0v) is 12.2. The first kappa shape index (κ1) is 13.5. The summed E-state index contributed by atoms with van der Waals surface area (Å²) < 4.78 is 0. The van der Waals surface area contributed by atoms with Gasteiger partial charge < -0.3 is 10.6 Å². The van der Waals surface area contributed by atoms with Crippen molar-refractivity contribution in [1.29, 1.82) is 0 Å². The number of hydrogen-bond donors (Lipinski definition) is 1. The van der Waals surface area contributed by atoms with Crippen LogP contribution in [-0.2, 0) is 0 Å². The summed E-state index contributed by atoms with van der Waals surface area (Å²) >= 11 is 1.54. The summed E-state index contributed by atoms with van der Waals surface area (Å²) in [5.74, 6) is 3.18. The minimum Gasteiger partial charge on any atom is -0.383 e. The second kappa shape index (κ2) is 5.78. The standard InChI is InChI=1S/C13H22N4S/c1-9(2)10-4-6-17(7-5-10)12-8-11(14)15-13(16-12)18-3/h8-10H,4-7H2,1-3H3,(H2,14,15,16). The van der Waals surface area contributed by atoms with E-state index in [0.29, 0.717) is 5.82 Å². The lowest BCUT2D eigenvalue weighted by Crippen LogP contribution is -2.35. The van der Waals surface area contributed by atoms with Gasteiger partial charge in [-0.15, -0.1) is 0 Å². The summed E-state index contributed by atoms with van der Waals surface area (Å²) in [5, 5.41) is 0.760. The van der Waals surface area contributed by atoms with E-state index in [2.05, 4.69) is 28.7 Å². The number of nitrogens with zero attached hydrogens (tertiary/aromatic N) is 3. The Kier molecular flexibility index (Phi) is 4.32. The fourth-order valence-electron chi connectivity index (χ4n) is 2.48. The zero-order chi connectivity index (χ0) is 13.1. The molecule has 2 rings (SSSR count). The van der Waals surface area contributed by atoms with Crippen LogP contribution in [0.3, 0.4) is 0 Å². The van der Waals surface area contributed by atoms with Gasteiger partial charge in [0.25, 0.3) is 0 Å². The first-order valence-electron chi connectivity index (χ1n) is 6.53. The first-order chi connectivity index (χ1) is 8.60. The minimum absolute atomic E-state index is 0.565. The van der Waals surface area contributed by atoms with Crippen LogP contribution in [0.15, 0.2) is 11.2 Å². The Labute approximate surface area is 113 Å². The molecular weight excluding hydrogens is 244 g/mol. The van der Waals surface area contributed by atoms with Crippen molar-refractivity contribution in [2.24, 2.45) is 11.8 Å². The SMILES string of the molecule is CSc1nc(N)cc(N2CCC(C(C)C)CC2)n1. The van der Waals surface area contributed by atoms with E-state index in [4.69, 9.17) is 5.73 Å². The largest absolute Gasteiger partial charge is 0.383 e. The molecule has 0 atom stereocenters. The summed E-state index contributed by atoms with van der Waals surface area (Å²) in [5.41, 5.74) is 5.83. The van der Waals surface area contributed by atoms with Gasteiger partial charge in [-0.3, -0.25) is 0 Å². The van der Waals surface area contributed by atoms with E-state index in [1.54, 1.807) is 0 Å². The van der Waals surface area contributed by atoms with Crippen LogP contribution < -0.4 is 10.6 Å². The third-order valence-corrected chi connectivity index (χ3v) is 4.25. The summed E-state index contributed by atoms with van der Waals surface area (Å²) in [6, 6.07) is 1.88. The highest BCUT2D eigenvalue weighted by atomic mass is 32.2. The van der Waals surface area contributed by atoms with E-state index in [1.165, 1.54) is 24.6 Å². The van der Waals surface area contributed by atoms with Crippen LogP contribution in [0.2, 0.25) is 0 Å². The maximum absolute atomic E-state index is 5.83. The maximum atomic E-state index is 5.83. The van der Waals surface area contributed by atoms with Crippen molar-refractivity contribution < 1.29 is 0 Å². The number of aromatic nitrogens is 2. The van der Waals surface area contributed by atoms with Crippen LogP contribution in [0.4, 0.5) is 11.6 Å². The quantitative estimate of drug-likeness (QED) is 0.673. The van der Waals surface area contributed by atoms with Crippen molar-refractivity contribution in [3.8, 4) is 0 Å². The third kappa shape index (κ3) is 3.07. The van der Waals surface area contributed by atoms with Gasteiger partial charge in [-0.2, -0.15) is 0 Å². The monoisotopic (exact) mass is 266 g/mol. The normalized spacial score (nSPS) is 17.4. The lowest BCUT2D eigenvalue weighted by Gasteiger charge is -2.34. The van der Waals surface area contributed by atoms with Gasteiger partial charge in [0.2, 0.25) is 0 Å². The average molecular weight is 266 g/mol. The molecule has 100 valence electrons. The van der Waals surface area contributed by atoms with Gasteiger partial charge in [-0.05, 0) is 30.9 Å². The van der Waals surface area contributed by atoms with Crippen LogP contribution in [0.5, 0.6) is 0 Å². The highest BCUT2D eigenvalue weighted by Crippen LogP contribution is 2.28. The molecule has 5 heteroatoms. The van der Waals surface area contributed by atoms with Crippen LogP contribution in [0, 0.1) is 11.8 Å². The van der Waals surface area contributed by atoms with Gasteiger partial charge >= 0.3 is 0 Å². The molecule has 1 aliphatic heterocycles. The molecule has 1 saturated heterocycles. The summed E-state index contributed by atoms with van der Waals surface area (Å²) in [7, 11) is 0. The van der Waals surface area contributed by atoms with Gasteiger partial charge in [0.05, 0.1) is 0 Å². The molecule has 0 amide bonds. The number of anilines is 2. The number of thioether (sulfide) groups is 1. The Morgan fingerprint density at radius 2 is 2.00 bits per heavy atom. The Bertz CT molecular complexity index is 400. The number of hydrogen-bond acceptors (Lipinski definition) is 5. The van der Waals surface area contributed by atoms with Gasteiger partial charge in [-0.1, -0.05) is 25.6 Å². The summed E-state index contributed by atoms with van der Waals surface area (Å²) in [4.78, 5) is 11.1. The molecular formula is C13H22N4S. The molecule has 1 aliphatic rings. The van der Waals surface area contributed by atoms with Crippen LogP contribution in [0.1, 0.15) is 26.7 Å². The molecule has 2 heterocycles. The van der Waals surface area contributed by atoms with Gasteiger partial charge in [0.15, 0.2) is 5.16 Å². The van der Waals surface area contributed by atoms with Gasteiger partial charge in [0.1, 0.15) is 11.6 Å². The van der Waals surface area contributed by atoms with Crippen molar-refractivity contribution in [2.75, 3.05) is 30.0 Å². The number of rotatable bonds is 3. The molecule has 0 bridgehead atoms. The molecule has 4 nitrogen and oxygen atoms in total. The van der Waals surface area contributed by atoms with E-state index in [1.807, 2.05) is 12.3 Å². The molecule has 0 aromatic carbocycles. The summed E-state index contributed by atoms with van der Waals surface area (Å²) in [6.45, 7) is 6.78. The molecule has 0 unspecified atom stereocenters. The van der Waals surface area contributed by atoms with Crippen molar-refractivity contribution in [2.45, 2.75) is 31.8 Å². The second-order valence-electron chi connectivity index (χ2n) is 5.21. The highest BCUT2D eigenvalue weighted by Gasteiger charge is 2.22.